The van der Waals surface area contributed by atoms with Gasteiger partial charge in [0.25, 0.3) is 0 Å². The van der Waals surface area contributed by atoms with E-state index in [-0.39, 0.29) is 17.5 Å². The molecule has 0 aliphatic heterocycles. The van der Waals surface area contributed by atoms with E-state index in [0.29, 0.717) is 11.5 Å². The van der Waals surface area contributed by atoms with Crippen molar-refractivity contribution >= 4 is 11.9 Å². The van der Waals surface area contributed by atoms with Gasteiger partial charge in [-0.2, -0.15) is 0 Å². The van der Waals surface area contributed by atoms with E-state index in [9.17, 15) is 9.59 Å². The lowest BCUT2D eigenvalue weighted by Gasteiger charge is -2.06. The van der Waals surface area contributed by atoms with Crippen LogP contribution in [0.4, 0.5) is 0 Å². The number of carbonyl (C=O) groups excluding carboxylic acids is 1. The number of hydrogen-bond donors (Lipinski definition) is 2. The maximum absolute atomic E-state index is 11.7. The highest BCUT2D eigenvalue weighted by atomic mass is 16.4. The minimum Gasteiger partial charge on any atom is -0.478 e. The normalized spacial score (nSPS) is 24.7. The molecule has 0 spiro atoms. The Bertz CT molecular complexity index is 333. The molecule has 0 aromatic rings. The highest BCUT2D eigenvalue weighted by Crippen LogP contribution is 2.34. The second-order valence-electron chi connectivity index (χ2n) is 4.42. The summed E-state index contributed by atoms with van der Waals surface area (Å²) in [6.45, 7) is 5.13. The molecule has 90 valence electrons. The fourth-order valence-electron chi connectivity index (χ4n) is 1.72. The van der Waals surface area contributed by atoms with E-state index < -0.39 is 5.97 Å². The van der Waals surface area contributed by atoms with Crippen molar-refractivity contribution in [2.24, 2.45) is 5.92 Å². The van der Waals surface area contributed by atoms with Gasteiger partial charge in [-0.3, -0.25) is 4.79 Å². The van der Waals surface area contributed by atoms with Crippen LogP contribution in [0.5, 0.6) is 0 Å². The summed E-state index contributed by atoms with van der Waals surface area (Å²) in [5.41, 5.74) is 0.417. The van der Waals surface area contributed by atoms with E-state index in [1.807, 2.05) is 0 Å². The zero-order valence-electron chi connectivity index (χ0n) is 10.0. The molecule has 0 aromatic carbocycles. The average Bonchev–Trinajstić information content (AvgIpc) is 2.94. The first-order valence-electron chi connectivity index (χ1n) is 5.69. The molecule has 0 bridgehead atoms. The molecule has 1 fully saturated rings. The van der Waals surface area contributed by atoms with Gasteiger partial charge in [0.05, 0.1) is 0 Å². The molecular weight excluding hydrogens is 206 g/mol. The highest BCUT2D eigenvalue weighted by molar-refractivity contribution is 6.01. The number of rotatable bonds is 5. The number of carbonyl (C=O) groups is 2. The third kappa shape index (κ3) is 3.08. The number of amides is 1. The van der Waals surface area contributed by atoms with Crippen LogP contribution in [0.3, 0.4) is 0 Å². The van der Waals surface area contributed by atoms with Crippen molar-refractivity contribution in [1.82, 2.24) is 5.32 Å². The van der Waals surface area contributed by atoms with E-state index >= 15 is 0 Å². The van der Waals surface area contributed by atoms with E-state index in [0.717, 1.165) is 19.3 Å². The van der Waals surface area contributed by atoms with Gasteiger partial charge in [0.2, 0.25) is 5.91 Å². The maximum atomic E-state index is 11.7. The van der Waals surface area contributed by atoms with Crippen molar-refractivity contribution in [3.63, 3.8) is 0 Å². The molecule has 1 amide bonds. The van der Waals surface area contributed by atoms with Gasteiger partial charge in [0, 0.05) is 17.2 Å². The molecule has 16 heavy (non-hydrogen) atoms. The molecule has 2 N–H and O–H groups in total. The van der Waals surface area contributed by atoms with Crippen molar-refractivity contribution in [3.05, 3.63) is 11.1 Å². The quantitative estimate of drug-likeness (QED) is 0.700. The number of carboxylic acids is 1. The Morgan fingerprint density at radius 3 is 2.44 bits per heavy atom. The highest BCUT2D eigenvalue weighted by Gasteiger charge is 2.37. The lowest BCUT2D eigenvalue weighted by Crippen LogP contribution is -2.28. The minimum absolute atomic E-state index is 0.116. The Hall–Kier alpha value is -1.32. The number of nitrogens with one attached hydrogen (secondary N) is 1. The third-order valence-electron chi connectivity index (χ3n) is 3.12. The summed E-state index contributed by atoms with van der Waals surface area (Å²) in [6.07, 6.45) is 3.28. The summed E-state index contributed by atoms with van der Waals surface area (Å²) >= 11 is 0. The molecule has 2 atom stereocenters. The summed E-state index contributed by atoms with van der Waals surface area (Å²) in [6, 6.07) is 0.254. The topological polar surface area (TPSA) is 66.4 Å². The molecular formula is C12H19NO3. The fraction of sp³-hybridized carbons (Fsp3) is 0.667. The van der Waals surface area contributed by atoms with Crippen molar-refractivity contribution in [1.29, 1.82) is 0 Å². The van der Waals surface area contributed by atoms with Crippen LogP contribution in [0.1, 0.15) is 40.0 Å². The van der Waals surface area contributed by atoms with Gasteiger partial charge in [0.15, 0.2) is 0 Å². The Balaban J connectivity index is 2.48. The number of aliphatic carboxylic acids is 1. The first-order valence-corrected chi connectivity index (χ1v) is 5.69. The predicted octanol–water partition coefficient (Wildman–Crippen LogP) is 1.71. The molecule has 0 radical (unpaired) electrons. The number of carboxylic acid groups (broad SMARTS) is 1. The molecule has 4 nitrogen and oxygen atoms in total. The van der Waals surface area contributed by atoms with Gasteiger partial charge in [-0.1, -0.05) is 13.3 Å². The van der Waals surface area contributed by atoms with Gasteiger partial charge in [-0.05, 0) is 32.6 Å². The standard InChI is InChI=1S/C12H19NO3/c1-4-5-9-6-10(9)13-11(14)7(2)8(3)12(15)16/h9-10H,4-6H2,1-3H3,(H,13,14)(H,15,16). The van der Waals surface area contributed by atoms with Crippen molar-refractivity contribution in [3.8, 4) is 0 Å². The van der Waals surface area contributed by atoms with E-state index in [4.69, 9.17) is 5.11 Å². The Morgan fingerprint density at radius 2 is 1.94 bits per heavy atom. The summed E-state index contributed by atoms with van der Waals surface area (Å²) in [5.74, 6) is -0.691. The first kappa shape index (κ1) is 12.7. The third-order valence-corrected chi connectivity index (χ3v) is 3.12. The van der Waals surface area contributed by atoms with Gasteiger partial charge < -0.3 is 10.4 Å². The van der Waals surface area contributed by atoms with Crippen LogP contribution >= 0.6 is 0 Å². The van der Waals surface area contributed by atoms with Gasteiger partial charge in [0.1, 0.15) is 0 Å². The lowest BCUT2D eigenvalue weighted by atomic mass is 10.1. The Morgan fingerprint density at radius 1 is 1.31 bits per heavy atom. The predicted molar refractivity (Wildman–Crippen MR) is 61.0 cm³/mol. The smallest absolute Gasteiger partial charge is 0.331 e. The second kappa shape index (κ2) is 5.14. The summed E-state index contributed by atoms with van der Waals surface area (Å²) < 4.78 is 0. The van der Waals surface area contributed by atoms with Crippen LogP contribution in [-0.2, 0) is 9.59 Å². The van der Waals surface area contributed by atoms with Crippen molar-refractivity contribution < 1.29 is 14.7 Å². The zero-order chi connectivity index (χ0) is 12.3. The largest absolute Gasteiger partial charge is 0.478 e. The second-order valence-corrected chi connectivity index (χ2v) is 4.42. The van der Waals surface area contributed by atoms with E-state index in [1.165, 1.54) is 6.92 Å². The SMILES string of the molecule is CCCC1CC1NC(=O)C(C)=C(C)C(=O)O. The molecule has 1 rings (SSSR count). The Labute approximate surface area is 95.7 Å². The van der Waals surface area contributed by atoms with Crippen LogP contribution in [-0.4, -0.2) is 23.0 Å². The fourth-order valence-corrected chi connectivity index (χ4v) is 1.72. The Kier molecular flexibility index (Phi) is 4.10. The zero-order valence-corrected chi connectivity index (χ0v) is 10.0. The molecule has 0 saturated heterocycles. The maximum Gasteiger partial charge on any atom is 0.331 e. The average molecular weight is 225 g/mol. The van der Waals surface area contributed by atoms with Gasteiger partial charge in [-0.15, -0.1) is 0 Å². The summed E-state index contributed by atoms with van der Waals surface area (Å²) in [4.78, 5) is 22.3. The van der Waals surface area contributed by atoms with E-state index in [2.05, 4.69) is 12.2 Å². The molecule has 1 aliphatic rings. The monoisotopic (exact) mass is 225 g/mol. The van der Waals surface area contributed by atoms with Crippen molar-refractivity contribution in [2.75, 3.05) is 0 Å². The molecule has 4 heteroatoms. The first-order chi connectivity index (χ1) is 7.47. The summed E-state index contributed by atoms with van der Waals surface area (Å²) in [7, 11) is 0. The van der Waals surface area contributed by atoms with Crippen LogP contribution < -0.4 is 5.32 Å². The van der Waals surface area contributed by atoms with Crippen LogP contribution in [0.2, 0.25) is 0 Å². The lowest BCUT2D eigenvalue weighted by molar-refractivity contribution is -0.133. The summed E-state index contributed by atoms with van der Waals surface area (Å²) in [5, 5.41) is 11.6. The number of hydrogen-bond acceptors (Lipinski definition) is 2. The van der Waals surface area contributed by atoms with Gasteiger partial charge >= 0.3 is 5.97 Å². The minimum atomic E-state index is -1.03. The van der Waals surface area contributed by atoms with Gasteiger partial charge in [-0.25, -0.2) is 4.79 Å². The molecule has 1 aliphatic carbocycles. The van der Waals surface area contributed by atoms with Crippen LogP contribution in [0.15, 0.2) is 11.1 Å². The van der Waals surface area contributed by atoms with E-state index in [1.54, 1.807) is 6.92 Å². The van der Waals surface area contributed by atoms with Crippen LogP contribution in [0.25, 0.3) is 0 Å². The van der Waals surface area contributed by atoms with Crippen LogP contribution in [0, 0.1) is 5.92 Å². The molecule has 1 saturated carbocycles. The molecule has 2 unspecified atom stereocenters. The molecule has 0 aromatic heterocycles. The molecule has 0 heterocycles. The van der Waals surface area contributed by atoms with Crippen molar-refractivity contribution in [2.45, 2.75) is 46.1 Å².